The molecule has 12 heteroatoms. The summed E-state index contributed by atoms with van der Waals surface area (Å²) in [6.45, 7) is 2.02. The molecule has 44 heavy (non-hydrogen) atoms. The Labute approximate surface area is 264 Å². The molecule has 0 bridgehead atoms. The van der Waals surface area contributed by atoms with E-state index >= 15 is 0 Å². The van der Waals surface area contributed by atoms with E-state index in [0.717, 1.165) is 17.2 Å². The van der Waals surface area contributed by atoms with Crippen molar-refractivity contribution in [2.75, 3.05) is 18.4 Å². The lowest BCUT2D eigenvalue weighted by Crippen LogP contribution is -2.43. The van der Waals surface area contributed by atoms with Crippen LogP contribution in [-0.4, -0.2) is 38.4 Å². The first kappa shape index (κ1) is 32.7. The number of alkyl halides is 3. The Morgan fingerprint density at radius 2 is 1.91 bits per heavy atom. The van der Waals surface area contributed by atoms with Crippen LogP contribution in [0.15, 0.2) is 79.3 Å². The number of Topliss-reactive ketones (excluding diaryl/α,β-unsaturated/α-hetero) is 1. The number of nitrogens with one attached hydrogen (secondary N) is 1. The topological polar surface area (TPSA) is 100.0 Å². The molecular weight excluding hydrogens is 609 g/mol. The number of nitrogens with two attached hydrogens (primary N) is 1. The number of nitrogens with zero attached hydrogens (tertiary/aromatic N) is 4. The second-order valence-corrected chi connectivity index (χ2v) is 11.1. The third-order valence-electron chi connectivity index (χ3n) is 7.16. The van der Waals surface area contributed by atoms with Gasteiger partial charge in [0.25, 0.3) is 0 Å². The predicted molar refractivity (Wildman–Crippen MR) is 168 cm³/mol. The van der Waals surface area contributed by atoms with Crippen molar-refractivity contribution in [2.45, 2.75) is 32.6 Å². The lowest BCUT2D eigenvalue weighted by atomic mass is 9.99. The third kappa shape index (κ3) is 8.44. The maximum Gasteiger partial charge on any atom is 0.416 e. The van der Waals surface area contributed by atoms with Crippen LogP contribution in [0.4, 0.5) is 18.9 Å². The molecule has 3 aromatic carbocycles. The number of imidazole rings is 1. The van der Waals surface area contributed by atoms with Crippen molar-refractivity contribution in [3.63, 3.8) is 0 Å². The molecule has 0 amide bonds. The molecule has 4 rings (SSSR count). The van der Waals surface area contributed by atoms with Crippen LogP contribution >= 0.6 is 23.8 Å². The highest BCUT2D eigenvalue weighted by Crippen LogP contribution is 2.33. The maximum absolute atomic E-state index is 13.9. The molecule has 1 aromatic heterocycles. The van der Waals surface area contributed by atoms with E-state index in [1.165, 1.54) is 23.1 Å². The molecule has 7 nitrogen and oxygen atoms in total. The summed E-state index contributed by atoms with van der Waals surface area (Å²) < 4.78 is 43.4. The highest BCUT2D eigenvalue weighted by Gasteiger charge is 2.34. The van der Waals surface area contributed by atoms with Gasteiger partial charge < -0.3 is 20.5 Å². The van der Waals surface area contributed by atoms with Crippen LogP contribution < -0.4 is 11.1 Å². The van der Waals surface area contributed by atoms with Crippen molar-refractivity contribution in [3.8, 4) is 6.07 Å². The van der Waals surface area contributed by atoms with E-state index in [1.54, 1.807) is 42.9 Å². The first-order chi connectivity index (χ1) is 21.0. The fourth-order valence-corrected chi connectivity index (χ4v) is 5.09. The molecule has 0 radical (unpaired) electrons. The van der Waals surface area contributed by atoms with Gasteiger partial charge in [-0.1, -0.05) is 48.0 Å². The minimum atomic E-state index is -4.57. The Bertz CT molecular complexity index is 1670. The van der Waals surface area contributed by atoms with Gasteiger partial charge in [0.05, 0.1) is 23.5 Å². The van der Waals surface area contributed by atoms with E-state index in [-0.39, 0.29) is 42.5 Å². The van der Waals surface area contributed by atoms with Gasteiger partial charge in [-0.25, -0.2) is 4.98 Å². The molecule has 1 atom stereocenters. The van der Waals surface area contributed by atoms with Crippen molar-refractivity contribution in [2.24, 2.45) is 11.7 Å². The number of aromatic nitrogens is 2. The van der Waals surface area contributed by atoms with Crippen LogP contribution in [0.5, 0.6) is 0 Å². The fourth-order valence-electron chi connectivity index (χ4n) is 4.65. The second kappa shape index (κ2) is 14.5. The van der Waals surface area contributed by atoms with E-state index in [0.29, 0.717) is 28.5 Å². The molecule has 1 heterocycles. The Morgan fingerprint density at radius 1 is 1.18 bits per heavy atom. The number of anilines is 1. The van der Waals surface area contributed by atoms with Crippen LogP contribution in [-0.2, 0) is 30.5 Å². The minimum Gasteiger partial charge on any atom is -0.344 e. The summed E-state index contributed by atoms with van der Waals surface area (Å²) in [5, 5.41) is 12.7. The van der Waals surface area contributed by atoms with Gasteiger partial charge in [0.2, 0.25) is 0 Å². The highest BCUT2D eigenvalue weighted by molar-refractivity contribution is 7.80. The predicted octanol–water partition coefficient (Wildman–Crippen LogP) is 6.37. The summed E-state index contributed by atoms with van der Waals surface area (Å²) in [7, 11) is 0. The Morgan fingerprint density at radius 3 is 2.57 bits per heavy atom. The average molecular weight is 639 g/mol. The van der Waals surface area contributed by atoms with E-state index in [9.17, 15) is 18.0 Å². The first-order valence-corrected chi connectivity index (χ1v) is 14.4. The van der Waals surface area contributed by atoms with Crippen molar-refractivity contribution >= 4 is 40.4 Å². The summed E-state index contributed by atoms with van der Waals surface area (Å²) >= 11 is 11.9. The lowest BCUT2D eigenvalue weighted by Gasteiger charge is -2.30. The Kier molecular flexibility index (Phi) is 10.8. The molecule has 228 valence electrons. The quantitative estimate of drug-likeness (QED) is 0.184. The van der Waals surface area contributed by atoms with Crippen molar-refractivity contribution in [3.05, 3.63) is 118 Å². The first-order valence-electron chi connectivity index (χ1n) is 13.7. The Balaban J connectivity index is 1.55. The number of hydrogen-bond acceptors (Lipinski definition) is 5. The summed E-state index contributed by atoms with van der Waals surface area (Å²) in [6.07, 6.45) is -1.35. The molecule has 3 N–H and O–H groups in total. The third-order valence-corrected chi connectivity index (χ3v) is 7.93. The number of aryl methyl sites for hydroxylation is 1. The van der Waals surface area contributed by atoms with Crippen LogP contribution in [0.3, 0.4) is 0 Å². The minimum absolute atomic E-state index is 0.00908. The normalized spacial score (nSPS) is 11.9. The summed E-state index contributed by atoms with van der Waals surface area (Å²) in [4.78, 5) is 19.3. The summed E-state index contributed by atoms with van der Waals surface area (Å²) in [6, 6.07) is 19.7. The maximum atomic E-state index is 13.9. The van der Waals surface area contributed by atoms with Gasteiger partial charge in [-0.3, -0.25) is 4.79 Å². The number of carbonyl (C=O) groups excluding carboxylic acids is 1. The van der Waals surface area contributed by atoms with Crippen LogP contribution in [0.1, 0.15) is 33.5 Å². The number of hydrogen-bond donors (Lipinski definition) is 2. The number of thiocarbonyl (C=S) groups is 1. The average Bonchev–Trinajstić information content (AvgIpc) is 3.43. The molecule has 0 fully saturated rings. The molecule has 4 aromatic rings. The lowest BCUT2D eigenvalue weighted by molar-refractivity contribution is -0.138. The smallest absolute Gasteiger partial charge is 0.344 e. The summed E-state index contributed by atoms with van der Waals surface area (Å²) in [5.41, 5.74) is 8.82. The van der Waals surface area contributed by atoms with E-state index in [1.807, 2.05) is 23.6 Å². The highest BCUT2D eigenvalue weighted by atomic mass is 35.5. The second-order valence-electron chi connectivity index (χ2n) is 10.3. The number of rotatable bonds is 11. The van der Waals surface area contributed by atoms with Gasteiger partial charge in [-0.05, 0) is 66.2 Å². The summed E-state index contributed by atoms with van der Waals surface area (Å²) in [5.74, 6) is -0.947. The standard InChI is InChI=1S/C32H30ClF3N6OS/c1-21-6-11-26(12-29(21)33)40-31(44)41(18-24-4-2-3-5-28(24)32(34,35)36)19-25(15-38)30(43)13-27-16-39-20-42(27)17-23-9-7-22(14-37)8-10-23/h2-12,16,20,25H,13,15,17-19,38H2,1H3,(H,40,44)/t25-/m0/s1. The number of halogens is 4. The van der Waals surface area contributed by atoms with Gasteiger partial charge in [0.1, 0.15) is 5.78 Å². The number of ketones is 1. The molecule has 0 spiro atoms. The molecule has 0 aliphatic rings. The number of carbonyl (C=O) groups is 1. The molecule has 0 saturated carbocycles. The SMILES string of the molecule is Cc1ccc(NC(=S)N(Cc2ccccc2C(F)(F)F)C[C@H](CN)C(=O)Cc2cncn2Cc2ccc(C#N)cc2)cc1Cl. The number of benzene rings is 3. The van der Waals surface area contributed by atoms with Gasteiger partial charge in [-0.2, -0.15) is 18.4 Å². The zero-order valence-electron chi connectivity index (χ0n) is 23.8. The fraction of sp³-hybridized carbons (Fsp3) is 0.250. The van der Waals surface area contributed by atoms with E-state index < -0.39 is 17.7 Å². The van der Waals surface area contributed by atoms with E-state index in [2.05, 4.69) is 16.4 Å². The van der Waals surface area contributed by atoms with E-state index in [4.69, 9.17) is 34.8 Å². The molecule has 0 aliphatic carbocycles. The van der Waals surface area contributed by atoms with Crippen LogP contribution in [0.25, 0.3) is 0 Å². The molecular formula is C32H30ClF3N6OS. The van der Waals surface area contributed by atoms with Crippen LogP contribution in [0, 0.1) is 24.2 Å². The zero-order chi connectivity index (χ0) is 31.9. The monoisotopic (exact) mass is 638 g/mol. The molecule has 0 saturated heterocycles. The van der Waals surface area contributed by atoms with Gasteiger partial charge in [0.15, 0.2) is 5.11 Å². The Hall–Kier alpha value is -4.24. The largest absolute Gasteiger partial charge is 0.416 e. The van der Waals surface area contributed by atoms with Crippen molar-refractivity contribution in [1.29, 1.82) is 5.26 Å². The van der Waals surface area contributed by atoms with Gasteiger partial charge >= 0.3 is 6.18 Å². The number of nitriles is 1. The van der Waals surface area contributed by atoms with Crippen molar-refractivity contribution < 1.29 is 18.0 Å². The zero-order valence-corrected chi connectivity index (χ0v) is 25.4. The van der Waals surface area contributed by atoms with Gasteiger partial charge in [0, 0.05) is 61.1 Å². The molecule has 0 unspecified atom stereocenters. The van der Waals surface area contributed by atoms with Gasteiger partial charge in [-0.15, -0.1) is 0 Å². The van der Waals surface area contributed by atoms with Crippen LogP contribution in [0.2, 0.25) is 5.02 Å². The van der Waals surface area contributed by atoms with Crippen molar-refractivity contribution in [1.82, 2.24) is 14.5 Å². The molecule has 0 aliphatic heterocycles.